The van der Waals surface area contributed by atoms with Gasteiger partial charge in [0, 0.05) is 11.2 Å². The van der Waals surface area contributed by atoms with E-state index in [1.54, 1.807) is 0 Å². The molecule has 0 aliphatic heterocycles. The average Bonchev–Trinajstić information content (AvgIpc) is 2.39. The van der Waals surface area contributed by atoms with Crippen molar-refractivity contribution in [2.75, 3.05) is 5.32 Å². The molecule has 0 radical (unpaired) electrons. The summed E-state index contributed by atoms with van der Waals surface area (Å²) in [5, 5.41) is 11.7. The van der Waals surface area contributed by atoms with Crippen molar-refractivity contribution in [2.45, 2.75) is 0 Å². The molecule has 0 spiro atoms. The van der Waals surface area contributed by atoms with Crippen molar-refractivity contribution in [1.29, 1.82) is 5.26 Å². The summed E-state index contributed by atoms with van der Waals surface area (Å²) in [6, 6.07) is 9.08. The Morgan fingerprint density at radius 3 is 2.89 bits per heavy atom. The topological polar surface area (TPSA) is 65.8 Å². The third-order valence-electron chi connectivity index (χ3n) is 2.35. The van der Waals surface area contributed by atoms with Crippen LogP contribution in [0.15, 0.2) is 36.5 Å². The number of aromatic nitrogens is 1. The summed E-state index contributed by atoms with van der Waals surface area (Å²) in [5.74, 6) is -1.56. The fourth-order valence-corrected chi connectivity index (χ4v) is 1.63. The molecule has 0 bridgehead atoms. The monoisotopic (exact) mass is 275 g/mol. The summed E-state index contributed by atoms with van der Waals surface area (Å²) >= 11 is 5.79. The van der Waals surface area contributed by atoms with Crippen LogP contribution in [-0.4, -0.2) is 10.9 Å². The van der Waals surface area contributed by atoms with Crippen molar-refractivity contribution in [2.24, 2.45) is 0 Å². The van der Waals surface area contributed by atoms with Gasteiger partial charge in [-0.25, -0.2) is 4.98 Å². The number of halogens is 2. The molecule has 0 atom stereocenters. The number of pyridine rings is 1. The van der Waals surface area contributed by atoms with Crippen molar-refractivity contribution in [3.63, 3.8) is 0 Å². The van der Waals surface area contributed by atoms with Crippen LogP contribution >= 0.6 is 11.6 Å². The number of nitrogens with one attached hydrogen (secondary N) is 1. The lowest BCUT2D eigenvalue weighted by molar-refractivity contribution is 0.102. The molecular formula is C13H7ClFN3O. The second-order valence-corrected chi connectivity index (χ2v) is 4.03. The number of nitriles is 1. The van der Waals surface area contributed by atoms with Crippen LogP contribution in [0.4, 0.5) is 10.1 Å². The number of anilines is 1. The second kappa shape index (κ2) is 5.46. The Morgan fingerprint density at radius 2 is 2.21 bits per heavy atom. The first-order valence-electron chi connectivity index (χ1n) is 5.23. The predicted molar refractivity (Wildman–Crippen MR) is 68.3 cm³/mol. The molecule has 0 saturated carbocycles. The standard InChI is InChI=1S/C13H7ClFN3O/c14-9-4-3-8(7-16)11(6-9)18-13(19)10-2-1-5-17-12(10)15/h1-6H,(H,18,19). The normalized spacial score (nSPS) is 9.74. The highest BCUT2D eigenvalue weighted by atomic mass is 35.5. The van der Waals surface area contributed by atoms with Gasteiger partial charge in [0.25, 0.3) is 5.91 Å². The van der Waals surface area contributed by atoms with E-state index < -0.39 is 11.9 Å². The number of amides is 1. The molecule has 19 heavy (non-hydrogen) atoms. The fraction of sp³-hybridized carbons (Fsp3) is 0. The fourth-order valence-electron chi connectivity index (χ4n) is 1.46. The average molecular weight is 276 g/mol. The Balaban J connectivity index is 2.32. The van der Waals surface area contributed by atoms with Crippen LogP contribution in [0.3, 0.4) is 0 Å². The molecule has 0 fully saturated rings. The van der Waals surface area contributed by atoms with Crippen molar-refractivity contribution in [1.82, 2.24) is 4.98 Å². The lowest BCUT2D eigenvalue weighted by Gasteiger charge is -2.07. The zero-order chi connectivity index (χ0) is 13.8. The molecule has 4 nitrogen and oxygen atoms in total. The smallest absolute Gasteiger partial charge is 0.260 e. The Bertz CT molecular complexity index is 682. The van der Waals surface area contributed by atoms with Gasteiger partial charge < -0.3 is 5.32 Å². The van der Waals surface area contributed by atoms with E-state index in [2.05, 4.69) is 10.3 Å². The number of carbonyl (C=O) groups excluding carboxylic acids is 1. The molecule has 0 unspecified atom stereocenters. The van der Waals surface area contributed by atoms with Crippen molar-refractivity contribution >= 4 is 23.2 Å². The molecule has 1 amide bonds. The third-order valence-corrected chi connectivity index (χ3v) is 2.59. The van der Waals surface area contributed by atoms with Gasteiger partial charge in [-0.15, -0.1) is 0 Å². The molecule has 1 N–H and O–H groups in total. The van der Waals surface area contributed by atoms with E-state index in [-0.39, 0.29) is 16.8 Å². The Kier molecular flexibility index (Phi) is 3.74. The zero-order valence-corrected chi connectivity index (χ0v) is 10.3. The number of hydrogen-bond donors (Lipinski definition) is 1. The van der Waals surface area contributed by atoms with Gasteiger partial charge in [-0.2, -0.15) is 9.65 Å². The van der Waals surface area contributed by atoms with E-state index in [1.807, 2.05) is 6.07 Å². The Labute approximate surface area is 113 Å². The highest BCUT2D eigenvalue weighted by molar-refractivity contribution is 6.31. The van der Waals surface area contributed by atoms with Gasteiger partial charge in [0.15, 0.2) is 0 Å². The molecule has 0 aliphatic carbocycles. The lowest BCUT2D eigenvalue weighted by Crippen LogP contribution is -2.15. The van der Waals surface area contributed by atoms with E-state index in [0.717, 1.165) is 0 Å². The first-order valence-corrected chi connectivity index (χ1v) is 5.61. The SMILES string of the molecule is N#Cc1ccc(Cl)cc1NC(=O)c1cccnc1F. The van der Waals surface area contributed by atoms with Crippen molar-refractivity contribution in [3.05, 3.63) is 58.6 Å². The van der Waals surface area contributed by atoms with Crippen LogP contribution in [0.1, 0.15) is 15.9 Å². The first kappa shape index (κ1) is 13.0. The maximum absolute atomic E-state index is 13.3. The maximum atomic E-state index is 13.3. The van der Waals surface area contributed by atoms with Crippen molar-refractivity contribution < 1.29 is 9.18 Å². The summed E-state index contributed by atoms with van der Waals surface area (Å²) in [5.41, 5.74) is 0.261. The van der Waals surface area contributed by atoms with Gasteiger partial charge in [0.2, 0.25) is 5.95 Å². The van der Waals surface area contributed by atoms with Crippen LogP contribution in [0.2, 0.25) is 5.02 Å². The molecule has 1 aromatic carbocycles. The van der Waals surface area contributed by atoms with Gasteiger partial charge in [-0.1, -0.05) is 11.6 Å². The van der Waals surface area contributed by atoms with Crippen molar-refractivity contribution in [3.8, 4) is 6.07 Å². The largest absolute Gasteiger partial charge is 0.321 e. The summed E-state index contributed by atoms with van der Waals surface area (Å²) in [6.45, 7) is 0. The number of nitrogens with zero attached hydrogens (tertiary/aromatic N) is 2. The van der Waals surface area contributed by atoms with E-state index in [9.17, 15) is 9.18 Å². The highest BCUT2D eigenvalue weighted by Gasteiger charge is 2.14. The highest BCUT2D eigenvalue weighted by Crippen LogP contribution is 2.21. The van der Waals surface area contributed by atoms with E-state index >= 15 is 0 Å². The first-order chi connectivity index (χ1) is 9.11. The number of rotatable bonds is 2. The Hall–Kier alpha value is -2.45. The minimum absolute atomic E-state index is 0.202. The zero-order valence-electron chi connectivity index (χ0n) is 9.52. The minimum Gasteiger partial charge on any atom is -0.321 e. The molecule has 1 aromatic heterocycles. The second-order valence-electron chi connectivity index (χ2n) is 3.60. The Morgan fingerprint density at radius 1 is 1.42 bits per heavy atom. The van der Waals surface area contributed by atoms with Crippen LogP contribution in [0.5, 0.6) is 0 Å². The van der Waals surface area contributed by atoms with E-state index in [1.165, 1.54) is 36.5 Å². The van der Waals surface area contributed by atoms with Crippen LogP contribution in [-0.2, 0) is 0 Å². The predicted octanol–water partition coefficient (Wildman–Crippen LogP) is 3.00. The molecule has 6 heteroatoms. The van der Waals surface area contributed by atoms with Gasteiger partial charge >= 0.3 is 0 Å². The van der Waals surface area contributed by atoms with Gasteiger partial charge in [0.05, 0.1) is 16.8 Å². The minimum atomic E-state index is -0.875. The van der Waals surface area contributed by atoms with Crippen LogP contribution in [0, 0.1) is 17.3 Å². The molecule has 0 aliphatic rings. The molecule has 94 valence electrons. The van der Waals surface area contributed by atoms with Gasteiger partial charge in [-0.05, 0) is 30.3 Å². The van der Waals surface area contributed by atoms with E-state index in [0.29, 0.717) is 5.02 Å². The lowest BCUT2D eigenvalue weighted by atomic mass is 10.2. The molecule has 2 aromatic rings. The van der Waals surface area contributed by atoms with Crippen LogP contribution < -0.4 is 5.32 Å². The van der Waals surface area contributed by atoms with Crippen LogP contribution in [0.25, 0.3) is 0 Å². The van der Waals surface area contributed by atoms with Gasteiger partial charge in [-0.3, -0.25) is 4.79 Å². The maximum Gasteiger partial charge on any atom is 0.260 e. The molecular weight excluding hydrogens is 269 g/mol. The number of hydrogen-bond acceptors (Lipinski definition) is 3. The molecule has 2 rings (SSSR count). The number of carbonyl (C=O) groups is 1. The van der Waals surface area contributed by atoms with Gasteiger partial charge in [0.1, 0.15) is 6.07 Å². The summed E-state index contributed by atoms with van der Waals surface area (Å²) in [4.78, 5) is 15.3. The molecule has 1 heterocycles. The summed E-state index contributed by atoms with van der Waals surface area (Å²) in [7, 11) is 0. The number of benzene rings is 1. The quantitative estimate of drug-likeness (QED) is 0.857. The summed E-state index contributed by atoms with van der Waals surface area (Å²) < 4.78 is 13.3. The van der Waals surface area contributed by atoms with E-state index in [4.69, 9.17) is 16.9 Å². The third kappa shape index (κ3) is 2.87. The molecule has 0 saturated heterocycles. The summed E-state index contributed by atoms with van der Waals surface area (Å²) in [6.07, 6.45) is 1.24.